The average Bonchev–Trinajstić information content (AvgIpc) is 2.90. The molecule has 2 amide bonds. The molecule has 6 nitrogen and oxygen atoms in total. The summed E-state index contributed by atoms with van der Waals surface area (Å²) in [5.74, 6) is 0.282. The summed E-state index contributed by atoms with van der Waals surface area (Å²) in [5, 5.41) is 0. The van der Waals surface area contributed by atoms with Crippen LogP contribution in [0.2, 0.25) is 0 Å². The molecule has 0 aromatic heterocycles. The SMILES string of the molecule is CN(C)CCN1C(=O)OC(=Cc2ccc(Oc3ccc(F)cc3)cc2)C1=O. The second-order valence-corrected chi connectivity index (χ2v) is 6.26. The van der Waals surface area contributed by atoms with Gasteiger partial charge in [-0.05, 0) is 62.1 Å². The number of halogens is 1. The van der Waals surface area contributed by atoms with E-state index in [9.17, 15) is 14.0 Å². The minimum atomic E-state index is -0.663. The molecule has 0 aliphatic carbocycles. The summed E-state index contributed by atoms with van der Waals surface area (Å²) in [6, 6.07) is 12.6. The van der Waals surface area contributed by atoms with Gasteiger partial charge in [0.15, 0.2) is 5.76 Å². The highest BCUT2D eigenvalue weighted by Gasteiger charge is 2.36. The lowest BCUT2D eigenvalue weighted by atomic mass is 10.2. The Bertz CT molecular complexity index is 861. The van der Waals surface area contributed by atoms with E-state index in [0.29, 0.717) is 23.6 Å². The monoisotopic (exact) mass is 370 g/mol. The van der Waals surface area contributed by atoms with Crippen molar-refractivity contribution in [2.45, 2.75) is 0 Å². The highest BCUT2D eigenvalue weighted by molar-refractivity contribution is 6.09. The Balaban J connectivity index is 1.67. The van der Waals surface area contributed by atoms with Crippen molar-refractivity contribution in [1.82, 2.24) is 9.80 Å². The smallest absolute Gasteiger partial charge is 0.422 e. The molecule has 0 N–H and O–H groups in total. The van der Waals surface area contributed by atoms with Gasteiger partial charge >= 0.3 is 6.09 Å². The molecule has 1 fully saturated rings. The van der Waals surface area contributed by atoms with E-state index in [2.05, 4.69) is 0 Å². The second-order valence-electron chi connectivity index (χ2n) is 6.26. The molecule has 1 aliphatic heterocycles. The molecule has 0 radical (unpaired) electrons. The van der Waals surface area contributed by atoms with Gasteiger partial charge in [0, 0.05) is 13.1 Å². The van der Waals surface area contributed by atoms with Crippen LogP contribution in [0.1, 0.15) is 5.56 Å². The van der Waals surface area contributed by atoms with Crippen LogP contribution in [-0.2, 0) is 9.53 Å². The lowest BCUT2D eigenvalue weighted by Gasteiger charge is -2.13. The lowest BCUT2D eigenvalue weighted by Crippen LogP contribution is -2.35. The molecule has 7 heteroatoms. The first-order chi connectivity index (χ1) is 12.9. The van der Waals surface area contributed by atoms with Gasteiger partial charge in [-0.15, -0.1) is 0 Å². The fourth-order valence-corrected chi connectivity index (χ4v) is 2.41. The van der Waals surface area contributed by atoms with E-state index in [-0.39, 0.29) is 18.1 Å². The van der Waals surface area contributed by atoms with Crippen LogP contribution in [-0.4, -0.2) is 49.0 Å². The van der Waals surface area contributed by atoms with Crippen molar-refractivity contribution in [3.63, 3.8) is 0 Å². The predicted molar refractivity (Wildman–Crippen MR) is 97.6 cm³/mol. The third-order valence-corrected chi connectivity index (χ3v) is 3.87. The number of rotatable bonds is 6. The first-order valence-electron chi connectivity index (χ1n) is 8.36. The summed E-state index contributed by atoms with van der Waals surface area (Å²) in [7, 11) is 3.72. The van der Waals surface area contributed by atoms with Crippen LogP contribution in [0.5, 0.6) is 11.5 Å². The molecule has 0 unspecified atom stereocenters. The van der Waals surface area contributed by atoms with Crippen LogP contribution in [0.4, 0.5) is 9.18 Å². The van der Waals surface area contributed by atoms with Gasteiger partial charge in [-0.3, -0.25) is 4.79 Å². The number of hydrogen-bond acceptors (Lipinski definition) is 5. The van der Waals surface area contributed by atoms with Gasteiger partial charge in [-0.25, -0.2) is 14.1 Å². The number of amides is 2. The number of carbonyl (C=O) groups excluding carboxylic acids is 2. The second kappa shape index (κ2) is 8.01. The molecular formula is C20H19FN2O4. The normalized spacial score (nSPS) is 15.6. The minimum Gasteiger partial charge on any atom is -0.457 e. The number of ether oxygens (including phenoxy) is 2. The number of nitrogens with zero attached hydrogens (tertiary/aromatic N) is 2. The first-order valence-corrected chi connectivity index (χ1v) is 8.36. The Kier molecular flexibility index (Phi) is 5.52. The fraction of sp³-hybridized carbons (Fsp3) is 0.200. The molecule has 1 heterocycles. The third-order valence-electron chi connectivity index (χ3n) is 3.87. The Hall–Kier alpha value is -3.19. The van der Waals surface area contributed by atoms with Crippen LogP contribution in [0.25, 0.3) is 6.08 Å². The molecule has 1 saturated heterocycles. The van der Waals surface area contributed by atoms with Crippen molar-refractivity contribution in [2.24, 2.45) is 0 Å². The largest absolute Gasteiger partial charge is 0.457 e. The summed E-state index contributed by atoms with van der Waals surface area (Å²) in [5.41, 5.74) is 0.687. The van der Waals surface area contributed by atoms with Crippen molar-refractivity contribution in [3.05, 3.63) is 65.7 Å². The van der Waals surface area contributed by atoms with E-state index in [1.807, 2.05) is 19.0 Å². The van der Waals surface area contributed by atoms with Crippen LogP contribution >= 0.6 is 0 Å². The van der Waals surface area contributed by atoms with E-state index < -0.39 is 12.0 Å². The predicted octanol–water partition coefficient (Wildman–Crippen LogP) is 3.50. The summed E-state index contributed by atoms with van der Waals surface area (Å²) in [4.78, 5) is 27.1. The molecule has 0 atom stereocenters. The zero-order chi connectivity index (χ0) is 19.4. The quantitative estimate of drug-likeness (QED) is 0.729. The topological polar surface area (TPSA) is 59.1 Å². The first kappa shape index (κ1) is 18.6. The number of benzene rings is 2. The van der Waals surface area contributed by atoms with Crippen molar-refractivity contribution < 1.29 is 23.5 Å². The number of carbonyl (C=O) groups is 2. The zero-order valence-electron chi connectivity index (χ0n) is 15.0. The van der Waals surface area contributed by atoms with Gasteiger partial charge < -0.3 is 14.4 Å². The molecule has 0 saturated carbocycles. The van der Waals surface area contributed by atoms with Gasteiger partial charge in [0.25, 0.3) is 5.91 Å². The Morgan fingerprint density at radius 2 is 1.63 bits per heavy atom. The maximum atomic E-state index is 12.9. The van der Waals surface area contributed by atoms with Crippen LogP contribution in [0.15, 0.2) is 54.3 Å². The summed E-state index contributed by atoms with van der Waals surface area (Å²) < 4.78 is 23.6. The van der Waals surface area contributed by atoms with Crippen molar-refractivity contribution >= 4 is 18.1 Å². The van der Waals surface area contributed by atoms with E-state index in [1.165, 1.54) is 30.3 Å². The van der Waals surface area contributed by atoms with Gasteiger partial charge in [0.1, 0.15) is 17.3 Å². The maximum Gasteiger partial charge on any atom is 0.422 e. The van der Waals surface area contributed by atoms with Crippen molar-refractivity contribution in [1.29, 1.82) is 0 Å². The molecule has 27 heavy (non-hydrogen) atoms. The van der Waals surface area contributed by atoms with E-state index in [0.717, 1.165) is 4.90 Å². The van der Waals surface area contributed by atoms with Gasteiger partial charge in [-0.1, -0.05) is 12.1 Å². The standard InChI is InChI=1S/C20H19FN2O4/c1-22(2)11-12-23-19(24)18(27-20(23)25)13-14-3-7-16(8-4-14)26-17-9-5-15(21)6-10-17/h3-10,13H,11-12H2,1-2H3. The highest BCUT2D eigenvalue weighted by atomic mass is 19.1. The van der Waals surface area contributed by atoms with Crippen LogP contribution in [0.3, 0.4) is 0 Å². The number of imide groups is 1. The fourth-order valence-electron chi connectivity index (χ4n) is 2.41. The van der Waals surface area contributed by atoms with Gasteiger partial charge in [0.2, 0.25) is 0 Å². The summed E-state index contributed by atoms with van der Waals surface area (Å²) in [6.07, 6.45) is 0.849. The molecule has 2 aromatic carbocycles. The van der Waals surface area contributed by atoms with Crippen molar-refractivity contribution in [3.8, 4) is 11.5 Å². The van der Waals surface area contributed by atoms with Gasteiger partial charge in [0.05, 0.1) is 0 Å². The maximum absolute atomic E-state index is 12.9. The van der Waals surface area contributed by atoms with Crippen LogP contribution in [0, 0.1) is 5.82 Å². The van der Waals surface area contributed by atoms with E-state index >= 15 is 0 Å². The summed E-state index contributed by atoms with van der Waals surface area (Å²) >= 11 is 0. The Morgan fingerprint density at radius 1 is 1.04 bits per heavy atom. The molecule has 1 aliphatic rings. The number of likely N-dealkylation sites (N-methyl/N-ethyl adjacent to an activating group) is 1. The summed E-state index contributed by atoms with van der Waals surface area (Å²) in [6.45, 7) is 0.829. The molecule has 140 valence electrons. The molecule has 2 aromatic rings. The van der Waals surface area contributed by atoms with Crippen molar-refractivity contribution in [2.75, 3.05) is 27.2 Å². The van der Waals surface area contributed by atoms with Crippen LogP contribution < -0.4 is 4.74 Å². The molecular weight excluding hydrogens is 351 g/mol. The number of cyclic esters (lactones) is 1. The molecule has 0 spiro atoms. The van der Waals surface area contributed by atoms with E-state index in [1.54, 1.807) is 24.3 Å². The Labute approximate surface area is 156 Å². The highest BCUT2D eigenvalue weighted by Crippen LogP contribution is 2.24. The zero-order valence-corrected chi connectivity index (χ0v) is 15.0. The third kappa shape index (κ3) is 4.71. The number of hydrogen-bond donors (Lipinski definition) is 0. The Morgan fingerprint density at radius 3 is 2.22 bits per heavy atom. The van der Waals surface area contributed by atoms with E-state index in [4.69, 9.17) is 9.47 Å². The lowest BCUT2D eigenvalue weighted by molar-refractivity contribution is -0.123. The molecule has 3 rings (SSSR count). The minimum absolute atomic E-state index is 0.00837. The average molecular weight is 370 g/mol. The van der Waals surface area contributed by atoms with Gasteiger partial charge in [-0.2, -0.15) is 0 Å². The molecule has 0 bridgehead atoms.